The van der Waals surface area contributed by atoms with E-state index in [4.69, 9.17) is 15.2 Å². The number of nitrogens with zero attached hydrogens (tertiary/aromatic N) is 4. The van der Waals surface area contributed by atoms with E-state index in [9.17, 15) is 23.2 Å². The molecule has 2 aromatic carbocycles. The van der Waals surface area contributed by atoms with Crippen LogP contribution in [0.15, 0.2) is 54.9 Å². The molecule has 1 spiro atoms. The van der Waals surface area contributed by atoms with E-state index in [1.54, 1.807) is 32.0 Å². The van der Waals surface area contributed by atoms with Gasteiger partial charge in [-0.25, -0.2) is 28.1 Å². The van der Waals surface area contributed by atoms with Crippen LogP contribution in [0.3, 0.4) is 0 Å². The van der Waals surface area contributed by atoms with E-state index in [0.717, 1.165) is 17.0 Å². The molecule has 14 heteroatoms. The van der Waals surface area contributed by atoms with Crippen LogP contribution in [0.4, 0.5) is 25.1 Å². The number of aryl methyl sites for hydroxylation is 2. The van der Waals surface area contributed by atoms with Gasteiger partial charge < -0.3 is 25.5 Å². The number of nitrogen functional groups attached to an aromatic ring is 1. The number of para-hydroxylation sites is 1. The summed E-state index contributed by atoms with van der Waals surface area (Å²) < 4.78 is 40.1. The highest BCUT2D eigenvalue weighted by molar-refractivity contribution is 6.24. The molecule has 0 atom stereocenters. The third kappa shape index (κ3) is 4.65. The molecule has 3 amide bonds. The Morgan fingerprint density at radius 3 is 2.46 bits per heavy atom. The van der Waals surface area contributed by atoms with E-state index in [-0.39, 0.29) is 28.9 Å². The van der Waals surface area contributed by atoms with E-state index < -0.39 is 34.7 Å². The van der Waals surface area contributed by atoms with Gasteiger partial charge in [-0.05, 0) is 55.3 Å². The maximum Gasteiger partial charge on any atom is 0.329 e. The minimum atomic E-state index is -0.982. The fourth-order valence-corrected chi connectivity index (χ4v) is 5.90. The molecule has 3 aromatic heterocycles. The van der Waals surface area contributed by atoms with Gasteiger partial charge in [-0.2, -0.15) is 5.10 Å². The standard InChI is InChI=1S/C32H27F2N7O5/c1-16-10-18-12-23(38-22(18)13-24(16)40-30(43)32(39-31(40)44)6-8-45-9-7-32)27(42)19-14-37-41(29(19)35)25-15-36-26(11-17(25)2)46-28-20(33)4-3-5-21(28)34/h3-5,10-15,38H,6-9,35H2,1-2H3,(H,39,44). The van der Waals surface area contributed by atoms with E-state index in [1.165, 1.54) is 29.2 Å². The summed E-state index contributed by atoms with van der Waals surface area (Å²) in [5, 5.41) is 7.85. The van der Waals surface area contributed by atoms with Crippen molar-refractivity contribution in [1.29, 1.82) is 0 Å². The first-order chi connectivity index (χ1) is 22.1. The van der Waals surface area contributed by atoms with E-state index in [2.05, 4.69) is 20.4 Å². The molecular weight excluding hydrogens is 600 g/mol. The summed E-state index contributed by atoms with van der Waals surface area (Å²) in [4.78, 5) is 48.4. The number of aromatic amines is 1. The van der Waals surface area contributed by atoms with E-state index >= 15 is 0 Å². The number of amides is 3. The van der Waals surface area contributed by atoms with Gasteiger partial charge in [-0.15, -0.1) is 0 Å². The summed E-state index contributed by atoms with van der Waals surface area (Å²) in [6.45, 7) is 4.26. The molecule has 5 heterocycles. The quantitative estimate of drug-likeness (QED) is 0.178. The number of ether oxygens (including phenoxy) is 2. The molecule has 2 aliphatic rings. The zero-order chi connectivity index (χ0) is 32.3. The van der Waals surface area contributed by atoms with Crippen LogP contribution in [-0.2, 0) is 9.53 Å². The minimum absolute atomic E-state index is 0.0420. The molecule has 0 bridgehead atoms. The SMILES string of the molecule is Cc1cc2cc(C(=O)c3cnn(-c4cnc(Oc5c(F)cccc5F)cc4C)c3N)[nH]c2cc1N1C(=O)NC2(CCOCC2)C1=O. The number of imide groups is 1. The van der Waals surface area contributed by atoms with Gasteiger partial charge in [0, 0.05) is 43.0 Å². The lowest BCUT2D eigenvalue weighted by atomic mass is 9.90. The van der Waals surface area contributed by atoms with Crippen molar-refractivity contribution in [3.63, 3.8) is 0 Å². The number of carbonyl (C=O) groups excluding carboxylic acids is 3. The Bertz CT molecular complexity index is 2060. The summed E-state index contributed by atoms with van der Waals surface area (Å²) in [6.07, 6.45) is 3.49. The fraction of sp³-hybridized carbons (Fsp3) is 0.219. The monoisotopic (exact) mass is 627 g/mol. The number of halogens is 2. The number of hydrogen-bond donors (Lipinski definition) is 3. The maximum atomic E-state index is 14.0. The molecule has 0 aliphatic carbocycles. The normalized spacial score (nSPS) is 16.0. The van der Waals surface area contributed by atoms with Gasteiger partial charge in [0.1, 0.15) is 11.4 Å². The number of rotatable bonds is 6. The van der Waals surface area contributed by atoms with Crippen molar-refractivity contribution in [2.75, 3.05) is 23.8 Å². The number of H-pyrrole nitrogens is 1. The fourth-order valence-electron chi connectivity index (χ4n) is 5.90. The molecule has 0 saturated carbocycles. The van der Waals surface area contributed by atoms with Gasteiger partial charge in [0.05, 0.1) is 35.0 Å². The number of aromatic nitrogens is 4. The Hall–Kier alpha value is -5.63. The highest BCUT2D eigenvalue weighted by Crippen LogP contribution is 2.36. The van der Waals surface area contributed by atoms with Gasteiger partial charge >= 0.3 is 6.03 Å². The van der Waals surface area contributed by atoms with Crippen LogP contribution >= 0.6 is 0 Å². The first-order valence-electron chi connectivity index (χ1n) is 14.4. The highest BCUT2D eigenvalue weighted by atomic mass is 19.1. The topological polar surface area (TPSA) is 157 Å². The summed E-state index contributed by atoms with van der Waals surface area (Å²) >= 11 is 0. The Balaban J connectivity index is 1.15. The number of fused-ring (bicyclic) bond motifs is 1. The van der Waals surface area contributed by atoms with Crippen LogP contribution in [0.5, 0.6) is 11.6 Å². The lowest BCUT2D eigenvalue weighted by Gasteiger charge is -2.30. The molecule has 2 saturated heterocycles. The minimum Gasteiger partial charge on any atom is -0.433 e. The zero-order valence-electron chi connectivity index (χ0n) is 24.7. The van der Waals surface area contributed by atoms with Gasteiger partial charge in [-0.1, -0.05) is 6.07 Å². The van der Waals surface area contributed by atoms with Gasteiger partial charge in [0.2, 0.25) is 17.4 Å². The Morgan fingerprint density at radius 2 is 1.74 bits per heavy atom. The molecule has 234 valence electrons. The third-order valence-corrected chi connectivity index (χ3v) is 8.39. The first kappa shape index (κ1) is 29.1. The maximum absolute atomic E-state index is 14.0. The number of pyridine rings is 1. The van der Waals surface area contributed by atoms with Crippen molar-refractivity contribution in [2.45, 2.75) is 32.2 Å². The Morgan fingerprint density at radius 1 is 1.02 bits per heavy atom. The highest BCUT2D eigenvalue weighted by Gasteiger charge is 2.52. The largest absolute Gasteiger partial charge is 0.433 e. The smallest absolute Gasteiger partial charge is 0.329 e. The Labute approximate surface area is 260 Å². The predicted molar refractivity (Wildman–Crippen MR) is 162 cm³/mol. The van der Waals surface area contributed by atoms with Gasteiger partial charge in [-0.3, -0.25) is 9.59 Å². The first-order valence-corrected chi connectivity index (χ1v) is 14.4. The van der Waals surface area contributed by atoms with Crippen LogP contribution in [-0.4, -0.2) is 56.2 Å². The number of nitrogens with one attached hydrogen (secondary N) is 2. The number of hydrogen-bond acceptors (Lipinski definition) is 8. The van der Waals surface area contributed by atoms with Crippen molar-refractivity contribution < 1.29 is 32.6 Å². The van der Waals surface area contributed by atoms with Crippen LogP contribution in [0.1, 0.15) is 40.0 Å². The van der Waals surface area contributed by atoms with Gasteiger partial charge in [0.25, 0.3) is 5.91 Å². The summed E-state index contributed by atoms with van der Waals surface area (Å²) in [5.41, 5.74) is 8.36. The number of carbonyl (C=O) groups is 3. The molecule has 2 fully saturated rings. The van der Waals surface area contributed by atoms with Crippen molar-refractivity contribution in [3.8, 4) is 17.3 Å². The lowest BCUT2D eigenvalue weighted by Crippen LogP contribution is -2.51. The summed E-state index contributed by atoms with van der Waals surface area (Å²) in [5.74, 6) is -3.08. The molecule has 12 nitrogen and oxygen atoms in total. The zero-order valence-corrected chi connectivity index (χ0v) is 24.7. The Kier molecular flexibility index (Phi) is 6.81. The van der Waals surface area contributed by atoms with Crippen molar-refractivity contribution in [2.24, 2.45) is 0 Å². The third-order valence-electron chi connectivity index (χ3n) is 8.39. The van der Waals surface area contributed by atoms with E-state index in [0.29, 0.717) is 59.5 Å². The molecule has 46 heavy (non-hydrogen) atoms. The van der Waals surface area contributed by atoms with Crippen LogP contribution < -0.4 is 20.7 Å². The van der Waals surface area contributed by atoms with Crippen molar-refractivity contribution >= 4 is 40.1 Å². The molecular formula is C32H27F2N7O5. The lowest BCUT2D eigenvalue weighted by molar-refractivity contribution is -0.125. The molecule has 0 unspecified atom stereocenters. The number of anilines is 2. The van der Waals surface area contributed by atoms with Crippen LogP contribution in [0.2, 0.25) is 0 Å². The van der Waals surface area contributed by atoms with Crippen LogP contribution in [0.25, 0.3) is 16.6 Å². The van der Waals surface area contributed by atoms with Crippen LogP contribution in [0, 0.1) is 25.5 Å². The molecule has 7 rings (SSSR count). The van der Waals surface area contributed by atoms with Gasteiger partial charge in [0.15, 0.2) is 11.6 Å². The molecule has 0 radical (unpaired) electrons. The molecule has 2 aliphatic heterocycles. The van der Waals surface area contributed by atoms with Crippen molar-refractivity contribution in [1.82, 2.24) is 25.1 Å². The molecule has 4 N–H and O–H groups in total. The number of urea groups is 1. The van der Waals surface area contributed by atoms with Crippen molar-refractivity contribution in [3.05, 3.63) is 88.9 Å². The molecule has 5 aromatic rings. The number of ketones is 1. The number of nitrogens with two attached hydrogens (primary N) is 1. The second-order valence-corrected chi connectivity index (χ2v) is 11.3. The second-order valence-electron chi connectivity index (χ2n) is 11.3. The van der Waals surface area contributed by atoms with E-state index in [1.807, 2.05) is 0 Å². The number of benzene rings is 2. The average molecular weight is 628 g/mol. The second kappa shape index (κ2) is 10.8. The summed E-state index contributed by atoms with van der Waals surface area (Å²) in [7, 11) is 0. The average Bonchev–Trinajstić information content (AvgIpc) is 3.68. The predicted octanol–water partition coefficient (Wildman–Crippen LogP) is 4.85. The summed E-state index contributed by atoms with van der Waals surface area (Å²) in [6, 6.07) is 9.48.